The van der Waals surface area contributed by atoms with Gasteiger partial charge in [0.05, 0.1) is 5.75 Å². The molecule has 6 nitrogen and oxygen atoms in total. The highest BCUT2D eigenvalue weighted by molar-refractivity contribution is 14.0. The SMILES string of the molecule is CN=C(NCCS(=O)(=O)NCC1CCC1)NCc1cc(F)ccc1F.I. The lowest BCUT2D eigenvalue weighted by Crippen LogP contribution is -2.41. The Balaban J connectivity index is 0.00000338. The van der Waals surface area contributed by atoms with Crippen LogP contribution in [0, 0.1) is 17.6 Å². The van der Waals surface area contributed by atoms with Crippen LogP contribution in [0.5, 0.6) is 0 Å². The second-order valence-corrected chi connectivity index (χ2v) is 7.98. The molecule has 148 valence electrons. The predicted molar refractivity (Wildman–Crippen MR) is 109 cm³/mol. The van der Waals surface area contributed by atoms with E-state index < -0.39 is 21.7 Å². The number of nitrogens with one attached hydrogen (secondary N) is 3. The topological polar surface area (TPSA) is 82.6 Å². The minimum absolute atomic E-state index is 0. The quantitative estimate of drug-likeness (QED) is 0.289. The van der Waals surface area contributed by atoms with Crippen molar-refractivity contribution in [1.82, 2.24) is 15.4 Å². The van der Waals surface area contributed by atoms with Crippen LogP contribution in [0.4, 0.5) is 8.78 Å². The van der Waals surface area contributed by atoms with Gasteiger partial charge in [0.1, 0.15) is 11.6 Å². The minimum Gasteiger partial charge on any atom is -0.355 e. The van der Waals surface area contributed by atoms with Crippen molar-refractivity contribution >= 4 is 40.0 Å². The van der Waals surface area contributed by atoms with Crippen LogP contribution in [0.1, 0.15) is 24.8 Å². The summed E-state index contributed by atoms with van der Waals surface area (Å²) in [4.78, 5) is 3.93. The van der Waals surface area contributed by atoms with E-state index in [1.807, 2.05) is 0 Å². The van der Waals surface area contributed by atoms with E-state index >= 15 is 0 Å². The first-order chi connectivity index (χ1) is 11.9. The Labute approximate surface area is 170 Å². The van der Waals surface area contributed by atoms with Gasteiger partial charge in [0.25, 0.3) is 0 Å². The molecule has 0 bridgehead atoms. The van der Waals surface area contributed by atoms with Crippen LogP contribution in [-0.2, 0) is 16.6 Å². The maximum atomic E-state index is 13.6. The zero-order chi connectivity index (χ0) is 18.3. The number of aliphatic imine (C=N–C) groups is 1. The van der Waals surface area contributed by atoms with E-state index in [-0.39, 0.29) is 48.4 Å². The normalized spacial score (nSPS) is 15.1. The molecule has 2 rings (SSSR count). The largest absolute Gasteiger partial charge is 0.355 e. The van der Waals surface area contributed by atoms with Gasteiger partial charge in [-0.1, -0.05) is 6.42 Å². The molecule has 0 saturated heterocycles. The molecule has 0 unspecified atom stereocenters. The third kappa shape index (κ3) is 7.70. The Hall–Kier alpha value is -1.01. The summed E-state index contributed by atoms with van der Waals surface area (Å²) in [6.45, 7) is 0.690. The van der Waals surface area contributed by atoms with Gasteiger partial charge >= 0.3 is 0 Å². The molecule has 26 heavy (non-hydrogen) atoms. The molecular weight excluding hydrogens is 477 g/mol. The number of rotatable bonds is 8. The van der Waals surface area contributed by atoms with Crippen molar-refractivity contribution in [1.29, 1.82) is 0 Å². The average molecular weight is 502 g/mol. The highest BCUT2D eigenvalue weighted by Gasteiger charge is 2.20. The zero-order valence-electron chi connectivity index (χ0n) is 14.6. The van der Waals surface area contributed by atoms with Gasteiger partial charge in [0.2, 0.25) is 10.0 Å². The fourth-order valence-electron chi connectivity index (χ4n) is 2.40. The molecule has 1 aliphatic rings. The van der Waals surface area contributed by atoms with Crippen molar-refractivity contribution in [2.75, 3.05) is 25.9 Å². The number of nitrogens with zero attached hydrogens (tertiary/aromatic N) is 1. The Morgan fingerprint density at radius 3 is 2.62 bits per heavy atom. The van der Waals surface area contributed by atoms with Crippen LogP contribution >= 0.6 is 24.0 Å². The fraction of sp³-hybridized carbons (Fsp3) is 0.562. The van der Waals surface area contributed by atoms with Gasteiger partial charge in [0.15, 0.2) is 5.96 Å². The van der Waals surface area contributed by atoms with E-state index in [1.165, 1.54) is 13.5 Å². The van der Waals surface area contributed by atoms with Gasteiger partial charge in [-0.15, -0.1) is 24.0 Å². The number of guanidine groups is 1. The highest BCUT2D eigenvalue weighted by Crippen LogP contribution is 2.25. The van der Waals surface area contributed by atoms with Crippen LogP contribution in [0.3, 0.4) is 0 Å². The molecule has 0 aliphatic heterocycles. The first-order valence-corrected chi connectivity index (χ1v) is 9.90. The average Bonchev–Trinajstić information content (AvgIpc) is 2.52. The predicted octanol–water partition coefficient (Wildman–Crippen LogP) is 1.97. The third-order valence-corrected chi connectivity index (χ3v) is 5.51. The molecule has 1 aliphatic carbocycles. The molecule has 1 aromatic carbocycles. The number of hydrogen-bond donors (Lipinski definition) is 3. The summed E-state index contributed by atoms with van der Waals surface area (Å²) in [5.41, 5.74) is 0.165. The van der Waals surface area contributed by atoms with E-state index in [0.717, 1.165) is 31.0 Å². The maximum Gasteiger partial charge on any atom is 0.213 e. The molecule has 10 heteroatoms. The molecular formula is C16H25F2IN4O2S. The van der Waals surface area contributed by atoms with Gasteiger partial charge in [-0.25, -0.2) is 21.9 Å². The molecule has 0 radical (unpaired) electrons. The molecule has 0 amide bonds. The minimum atomic E-state index is -3.34. The summed E-state index contributed by atoms with van der Waals surface area (Å²) in [5, 5.41) is 5.67. The summed E-state index contributed by atoms with van der Waals surface area (Å²) in [7, 11) is -1.83. The monoisotopic (exact) mass is 502 g/mol. The summed E-state index contributed by atoms with van der Waals surface area (Å²) in [6, 6.07) is 3.21. The van der Waals surface area contributed by atoms with Crippen molar-refractivity contribution in [3.05, 3.63) is 35.4 Å². The van der Waals surface area contributed by atoms with Gasteiger partial charge in [-0.2, -0.15) is 0 Å². The molecule has 3 N–H and O–H groups in total. The maximum absolute atomic E-state index is 13.6. The van der Waals surface area contributed by atoms with Gasteiger partial charge in [-0.05, 0) is 37.0 Å². The zero-order valence-corrected chi connectivity index (χ0v) is 17.7. The number of halogens is 3. The molecule has 0 spiro atoms. The van der Waals surface area contributed by atoms with Gasteiger partial charge in [-0.3, -0.25) is 4.99 Å². The van der Waals surface area contributed by atoms with Crippen molar-refractivity contribution in [2.24, 2.45) is 10.9 Å². The lowest BCUT2D eigenvalue weighted by molar-refractivity contribution is 0.316. The Morgan fingerprint density at radius 2 is 2.00 bits per heavy atom. The first-order valence-electron chi connectivity index (χ1n) is 8.25. The van der Waals surface area contributed by atoms with Crippen LogP contribution in [0.25, 0.3) is 0 Å². The van der Waals surface area contributed by atoms with Crippen molar-refractivity contribution < 1.29 is 17.2 Å². The highest BCUT2D eigenvalue weighted by atomic mass is 127. The molecule has 1 fully saturated rings. The standard InChI is InChI=1S/C16H24F2N4O2S.HI/c1-19-16(21-11-13-9-14(17)5-6-15(13)18)20-7-8-25(23,24)22-10-12-3-2-4-12;/h5-6,9,12,22H,2-4,7-8,10-11H2,1H3,(H2,19,20,21);1H. The second kappa shape index (κ2) is 11.0. The van der Waals surface area contributed by atoms with E-state index in [4.69, 9.17) is 0 Å². The number of benzene rings is 1. The Kier molecular flexibility index (Phi) is 9.72. The molecule has 0 atom stereocenters. The van der Waals surface area contributed by atoms with Crippen LogP contribution in [0.2, 0.25) is 0 Å². The van der Waals surface area contributed by atoms with Crippen molar-refractivity contribution in [3.63, 3.8) is 0 Å². The number of hydrogen-bond acceptors (Lipinski definition) is 3. The van der Waals surface area contributed by atoms with Crippen LogP contribution in [-0.4, -0.2) is 40.3 Å². The Bertz CT molecular complexity index is 712. The van der Waals surface area contributed by atoms with E-state index in [0.29, 0.717) is 18.4 Å². The summed E-state index contributed by atoms with van der Waals surface area (Å²) in [5.74, 6) is -0.359. The summed E-state index contributed by atoms with van der Waals surface area (Å²) in [6.07, 6.45) is 3.32. The smallest absolute Gasteiger partial charge is 0.213 e. The van der Waals surface area contributed by atoms with Crippen molar-refractivity contribution in [2.45, 2.75) is 25.8 Å². The number of sulfonamides is 1. The third-order valence-electron chi connectivity index (χ3n) is 4.16. The molecule has 0 heterocycles. The fourth-order valence-corrected chi connectivity index (χ4v) is 3.40. The van der Waals surface area contributed by atoms with Gasteiger partial charge < -0.3 is 10.6 Å². The van der Waals surface area contributed by atoms with E-state index in [1.54, 1.807) is 0 Å². The summed E-state index contributed by atoms with van der Waals surface area (Å²) < 4.78 is 53.1. The van der Waals surface area contributed by atoms with Gasteiger partial charge in [0, 0.05) is 32.2 Å². The molecule has 1 aromatic rings. The summed E-state index contributed by atoms with van der Waals surface area (Å²) >= 11 is 0. The first kappa shape index (κ1) is 23.0. The van der Waals surface area contributed by atoms with Crippen LogP contribution in [0.15, 0.2) is 23.2 Å². The van der Waals surface area contributed by atoms with E-state index in [9.17, 15) is 17.2 Å². The van der Waals surface area contributed by atoms with Crippen molar-refractivity contribution in [3.8, 4) is 0 Å². The lowest BCUT2D eigenvalue weighted by atomic mass is 9.86. The molecule has 1 saturated carbocycles. The molecule has 0 aromatic heterocycles. The van der Waals surface area contributed by atoms with Crippen LogP contribution < -0.4 is 15.4 Å². The van der Waals surface area contributed by atoms with E-state index in [2.05, 4.69) is 20.3 Å². The lowest BCUT2D eigenvalue weighted by Gasteiger charge is -2.25. The second-order valence-electron chi connectivity index (χ2n) is 6.05. The Morgan fingerprint density at radius 1 is 1.27 bits per heavy atom.